The highest BCUT2D eigenvalue weighted by Crippen LogP contribution is 2.26. The second-order valence-electron chi connectivity index (χ2n) is 11.8. The van der Waals surface area contributed by atoms with Crippen molar-refractivity contribution in [1.82, 2.24) is 4.90 Å². The molecule has 0 spiro atoms. The maximum atomic E-state index is 13.5. The summed E-state index contributed by atoms with van der Waals surface area (Å²) in [5.41, 5.74) is -0.760. The summed E-state index contributed by atoms with van der Waals surface area (Å²) in [5.74, 6) is -0.995. The molecule has 2 rings (SSSR count). The molecule has 9 heteroatoms. The second kappa shape index (κ2) is 13.9. The van der Waals surface area contributed by atoms with Crippen molar-refractivity contribution >= 4 is 18.2 Å². The summed E-state index contributed by atoms with van der Waals surface area (Å²) in [4.78, 5) is 40.5. The van der Waals surface area contributed by atoms with Crippen LogP contribution in [0.1, 0.15) is 67.9 Å². The van der Waals surface area contributed by atoms with E-state index in [2.05, 4.69) is 0 Å². The van der Waals surface area contributed by atoms with Crippen molar-refractivity contribution in [1.29, 1.82) is 0 Å². The summed E-state index contributed by atoms with van der Waals surface area (Å²) in [6, 6.07) is 8.49. The minimum absolute atomic E-state index is 0.182. The molecule has 0 bridgehead atoms. The number of hydrogen-bond acceptors (Lipinski definition) is 8. The first-order valence-corrected chi connectivity index (χ1v) is 13.5. The minimum atomic E-state index is -1.42. The van der Waals surface area contributed by atoms with Gasteiger partial charge in [0.15, 0.2) is 6.04 Å². The molecule has 9 nitrogen and oxygen atoms in total. The van der Waals surface area contributed by atoms with E-state index in [4.69, 9.17) is 23.7 Å². The van der Waals surface area contributed by atoms with Crippen LogP contribution in [0, 0.1) is 5.92 Å². The molecule has 1 heterocycles. The highest BCUT2D eigenvalue weighted by molar-refractivity contribution is 5.94. The molecule has 0 radical (unpaired) electrons. The van der Waals surface area contributed by atoms with E-state index in [0.717, 1.165) is 5.56 Å². The summed E-state index contributed by atoms with van der Waals surface area (Å²) in [5, 5.41) is 0. The fourth-order valence-electron chi connectivity index (χ4n) is 4.22. The van der Waals surface area contributed by atoms with Gasteiger partial charge in [-0.05, 0) is 74.3 Å². The van der Waals surface area contributed by atoms with Crippen molar-refractivity contribution in [2.75, 3.05) is 13.2 Å². The van der Waals surface area contributed by atoms with Crippen LogP contribution in [0.2, 0.25) is 0 Å². The Morgan fingerprint density at radius 1 is 1.03 bits per heavy atom. The zero-order valence-electron chi connectivity index (χ0n) is 24.8. The van der Waals surface area contributed by atoms with Gasteiger partial charge in [-0.3, -0.25) is 0 Å². The van der Waals surface area contributed by atoms with Gasteiger partial charge in [-0.1, -0.05) is 42.5 Å². The summed E-state index contributed by atoms with van der Waals surface area (Å²) in [6.45, 7) is 15.5. The average Bonchev–Trinajstić information content (AvgIpc) is 2.83. The number of rotatable bonds is 6. The van der Waals surface area contributed by atoms with E-state index in [1.54, 1.807) is 48.5 Å². The Bertz CT molecular complexity index is 951. The van der Waals surface area contributed by atoms with Crippen LogP contribution in [0.4, 0.5) is 9.59 Å². The predicted molar refractivity (Wildman–Crippen MR) is 147 cm³/mol. The van der Waals surface area contributed by atoms with E-state index in [1.807, 2.05) is 56.3 Å². The van der Waals surface area contributed by atoms with Crippen LogP contribution in [0.3, 0.4) is 0 Å². The number of esters is 1. The fraction of sp³-hybridized carbons (Fsp3) is 0.633. The first kappa shape index (κ1) is 32.3. The van der Waals surface area contributed by atoms with Crippen LogP contribution < -0.4 is 0 Å². The zero-order chi connectivity index (χ0) is 29.4. The molecule has 1 aromatic rings. The highest BCUT2D eigenvalue weighted by Gasteiger charge is 2.44. The van der Waals surface area contributed by atoms with E-state index in [0.29, 0.717) is 11.3 Å². The van der Waals surface area contributed by atoms with E-state index < -0.39 is 47.6 Å². The summed E-state index contributed by atoms with van der Waals surface area (Å²) in [6.07, 6.45) is 0.914. The Labute approximate surface area is 232 Å². The SMILES string of the molecule is CC=CC(C)O[C@@H]1[C@@H](Cc2ccccc2)COC[C@H](N(C(=O)OC(C)(C)C)C(=O)OC(C)(C)C)C(=O)O[C@H]1C. The van der Waals surface area contributed by atoms with Crippen LogP contribution in [0.15, 0.2) is 42.5 Å². The third kappa shape index (κ3) is 10.6. The maximum Gasteiger partial charge on any atom is 0.420 e. The maximum absolute atomic E-state index is 13.5. The fourth-order valence-corrected chi connectivity index (χ4v) is 4.22. The monoisotopic (exact) mass is 547 g/mol. The molecule has 39 heavy (non-hydrogen) atoms. The Morgan fingerprint density at radius 2 is 1.59 bits per heavy atom. The lowest BCUT2D eigenvalue weighted by molar-refractivity contribution is -0.165. The van der Waals surface area contributed by atoms with E-state index in [-0.39, 0.29) is 25.2 Å². The summed E-state index contributed by atoms with van der Waals surface area (Å²) >= 11 is 0. The number of carbonyl (C=O) groups is 3. The van der Waals surface area contributed by atoms with E-state index >= 15 is 0 Å². The van der Waals surface area contributed by atoms with Gasteiger partial charge < -0.3 is 23.7 Å². The standard InChI is InChI=1S/C30H45NO8/c1-10-14-20(2)36-25-21(3)37-26(32)24(19-35-18-23(25)17-22-15-12-11-13-16-22)31(27(33)38-29(4,5)6)28(34)39-30(7,8)9/h10-16,20-21,23-25H,17-19H2,1-9H3/t20?,21-,23-,24-,25-/m0/s1. The molecule has 2 amide bonds. The molecule has 0 aliphatic carbocycles. The Morgan fingerprint density at radius 3 is 2.10 bits per heavy atom. The van der Waals surface area contributed by atoms with Crippen molar-refractivity contribution in [2.24, 2.45) is 5.92 Å². The molecule has 0 saturated carbocycles. The van der Waals surface area contributed by atoms with Crippen molar-refractivity contribution < 1.29 is 38.1 Å². The molecule has 1 fully saturated rings. The lowest BCUT2D eigenvalue weighted by Crippen LogP contribution is -2.54. The number of allylic oxidation sites excluding steroid dienone is 1. The number of benzene rings is 1. The van der Waals surface area contributed by atoms with Crippen molar-refractivity contribution in [2.45, 2.75) is 104 Å². The number of hydrogen-bond donors (Lipinski definition) is 0. The molecular formula is C30H45NO8. The second-order valence-corrected chi connectivity index (χ2v) is 11.8. The van der Waals surface area contributed by atoms with Crippen molar-refractivity contribution in [3.63, 3.8) is 0 Å². The molecule has 1 aliphatic rings. The number of imide groups is 1. The Balaban J connectivity index is 2.43. The quantitative estimate of drug-likeness (QED) is 0.254. The predicted octanol–water partition coefficient (Wildman–Crippen LogP) is 5.70. The van der Waals surface area contributed by atoms with Crippen LogP contribution >= 0.6 is 0 Å². The third-order valence-corrected chi connectivity index (χ3v) is 5.78. The number of nitrogens with zero attached hydrogens (tertiary/aromatic N) is 1. The van der Waals surface area contributed by atoms with Crippen LogP contribution in [0.25, 0.3) is 0 Å². The van der Waals surface area contributed by atoms with Crippen LogP contribution in [0.5, 0.6) is 0 Å². The van der Waals surface area contributed by atoms with Gasteiger partial charge in [-0.2, -0.15) is 4.90 Å². The van der Waals surface area contributed by atoms with Crippen molar-refractivity contribution in [3.8, 4) is 0 Å². The van der Waals surface area contributed by atoms with Gasteiger partial charge in [0, 0.05) is 5.92 Å². The van der Waals surface area contributed by atoms with E-state index in [1.165, 1.54) is 0 Å². The Kier molecular flexibility index (Phi) is 11.5. The molecule has 5 atom stereocenters. The van der Waals surface area contributed by atoms with Gasteiger partial charge in [-0.15, -0.1) is 0 Å². The number of carbonyl (C=O) groups excluding carboxylic acids is 3. The van der Waals surface area contributed by atoms with Gasteiger partial charge >= 0.3 is 18.2 Å². The van der Waals surface area contributed by atoms with Gasteiger partial charge in [0.25, 0.3) is 0 Å². The lowest BCUT2D eigenvalue weighted by Gasteiger charge is -2.33. The van der Waals surface area contributed by atoms with Gasteiger partial charge in [0.05, 0.1) is 19.3 Å². The first-order chi connectivity index (χ1) is 18.1. The van der Waals surface area contributed by atoms with E-state index in [9.17, 15) is 14.4 Å². The molecule has 1 aromatic carbocycles. The molecule has 0 aromatic heterocycles. The molecule has 1 unspecified atom stereocenters. The number of ether oxygens (including phenoxy) is 5. The number of cyclic esters (lactones) is 1. The van der Waals surface area contributed by atoms with Gasteiger partial charge in [0.1, 0.15) is 23.4 Å². The Hall–Kier alpha value is -2.91. The smallest absolute Gasteiger partial charge is 0.420 e. The molecule has 1 saturated heterocycles. The topological polar surface area (TPSA) is 101 Å². The summed E-state index contributed by atoms with van der Waals surface area (Å²) in [7, 11) is 0. The van der Waals surface area contributed by atoms with Crippen molar-refractivity contribution in [3.05, 3.63) is 48.0 Å². The molecular weight excluding hydrogens is 502 g/mol. The molecule has 218 valence electrons. The summed E-state index contributed by atoms with van der Waals surface area (Å²) < 4.78 is 29.2. The zero-order valence-corrected chi connectivity index (χ0v) is 24.8. The largest absolute Gasteiger partial charge is 0.458 e. The van der Waals surface area contributed by atoms with Gasteiger partial charge in [-0.25, -0.2) is 14.4 Å². The highest BCUT2D eigenvalue weighted by atomic mass is 16.6. The van der Waals surface area contributed by atoms with Gasteiger partial charge in [0.2, 0.25) is 0 Å². The number of amides is 2. The van der Waals surface area contributed by atoms with Crippen LogP contribution in [-0.2, 0) is 34.9 Å². The average molecular weight is 548 g/mol. The molecule has 0 N–H and O–H groups in total. The third-order valence-electron chi connectivity index (χ3n) is 5.78. The minimum Gasteiger partial charge on any atom is -0.458 e. The molecule has 1 aliphatic heterocycles. The first-order valence-electron chi connectivity index (χ1n) is 13.5. The normalized spacial score (nSPS) is 23.7. The van der Waals surface area contributed by atoms with Crippen LogP contribution in [-0.4, -0.2) is 71.8 Å². The lowest BCUT2D eigenvalue weighted by atomic mass is 9.91.